The second-order valence-electron chi connectivity index (χ2n) is 6.67. The van der Waals surface area contributed by atoms with Crippen LogP contribution in [0.15, 0.2) is 51.7 Å². The zero-order valence-electron chi connectivity index (χ0n) is 13.5. The van der Waals surface area contributed by atoms with E-state index < -0.39 is 5.63 Å². The van der Waals surface area contributed by atoms with Crippen molar-refractivity contribution in [3.05, 3.63) is 64.3 Å². The minimum Gasteiger partial charge on any atom is -0.478 e. The van der Waals surface area contributed by atoms with E-state index in [-0.39, 0.29) is 5.82 Å². The summed E-state index contributed by atoms with van der Waals surface area (Å²) in [7, 11) is 0. The van der Waals surface area contributed by atoms with Gasteiger partial charge in [-0.05, 0) is 48.7 Å². The molecule has 3 aromatic rings. The van der Waals surface area contributed by atoms with E-state index >= 15 is 0 Å². The van der Waals surface area contributed by atoms with Gasteiger partial charge in [0.05, 0.1) is 11.1 Å². The minimum atomic E-state index is -0.420. The van der Waals surface area contributed by atoms with Crippen molar-refractivity contribution >= 4 is 11.0 Å². The third-order valence-corrected chi connectivity index (χ3v) is 4.93. The molecule has 0 radical (unpaired) electrons. The van der Waals surface area contributed by atoms with E-state index in [2.05, 4.69) is 4.90 Å². The molecule has 0 saturated heterocycles. The Bertz CT molecular complexity index is 1020. The molecule has 2 aliphatic rings. The highest BCUT2D eigenvalue weighted by Gasteiger charge is 2.33. The molecule has 5 heteroatoms. The van der Waals surface area contributed by atoms with Crippen LogP contribution >= 0.6 is 0 Å². The van der Waals surface area contributed by atoms with E-state index in [9.17, 15) is 9.18 Å². The van der Waals surface area contributed by atoms with Crippen LogP contribution in [0.1, 0.15) is 18.4 Å². The molecule has 25 heavy (non-hydrogen) atoms. The van der Waals surface area contributed by atoms with E-state index in [4.69, 9.17) is 9.15 Å². The maximum Gasteiger partial charge on any atom is 0.344 e. The summed E-state index contributed by atoms with van der Waals surface area (Å²) in [5.74, 6) is 0.447. The van der Waals surface area contributed by atoms with Crippen LogP contribution in [-0.4, -0.2) is 17.7 Å². The summed E-state index contributed by atoms with van der Waals surface area (Å²) in [5.41, 5.74) is 2.17. The van der Waals surface area contributed by atoms with Gasteiger partial charge in [0, 0.05) is 18.0 Å². The first-order valence-corrected chi connectivity index (χ1v) is 8.41. The topological polar surface area (TPSA) is 42.7 Å². The number of hydrogen-bond donors (Lipinski definition) is 0. The first kappa shape index (κ1) is 14.7. The van der Waals surface area contributed by atoms with Gasteiger partial charge in [-0.3, -0.25) is 4.90 Å². The Hall–Kier alpha value is -2.66. The van der Waals surface area contributed by atoms with Crippen LogP contribution < -0.4 is 10.4 Å². The lowest BCUT2D eigenvalue weighted by atomic mass is 10.0. The lowest BCUT2D eigenvalue weighted by Crippen LogP contribution is -2.33. The monoisotopic (exact) mass is 337 g/mol. The van der Waals surface area contributed by atoms with Crippen molar-refractivity contribution in [2.75, 3.05) is 6.73 Å². The smallest absolute Gasteiger partial charge is 0.344 e. The number of halogens is 1. The molecule has 4 nitrogen and oxygen atoms in total. The van der Waals surface area contributed by atoms with Crippen molar-refractivity contribution in [1.29, 1.82) is 0 Å². The SMILES string of the molecule is O=c1oc2c3c(ccc2cc1-c1ccc(F)cc1)OCN(C1CC1)C3. The van der Waals surface area contributed by atoms with Gasteiger partial charge in [-0.15, -0.1) is 0 Å². The highest BCUT2D eigenvalue weighted by molar-refractivity contribution is 5.86. The molecule has 1 aliphatic carbocycles. The number of fused-ring (bicyclic) bond motifs is 3. The van der Waals surface area contributed by atoms with Gasteiger partial charge in [-0.25, -0.2) is 9.18 Å². The lowest BCUT2D eigenvalue weighted by Gasteiger charge is -2.29. The summed E-state index contributed by atoms with van der Waals surface area (Å²) >= 11 is 0. The van der Waals surface area contributed by atoms with Gasteiger partial charge in [-0.1, -0.05) is 12.1 Å². The fourth-order valence-electron chi connectivity index (χ4n) is 3.42. The van der Waals surface area contributed by atoms with E-state index in [0.717, 1.165) is 23.2 Å². The number of nitrogens with zero attached hydrogens (tertiary/aromatic N) is 1. The molecule has 2 heterocycles. The maximum atomic E-state index is 13.1. The van der Waals surface area contributed by atoms with Crippen LogP contribution in [0.3, 0.4) is 0 Å². The van der Waals surface area contributed by atoms with E-state index in [1.165, 1.54) is 25.0 Å². The van der Waals surface area contributed by atoms with Crippen LogP contribution in [0, 0.1) is 5.82 Å². The normalized spacial score (nSPS) is 17.3. The molecule has 0 amide bonds. The van der Waals surface area contributed by atoms with Gasteiger partial charge in [0.2, 0.25) is 0 Å². The van der Waals surface area contributed by atoms with Crippen LogP contribution in [0.2, 0.25) is 0 Å². The second-order valence-corrected chi connectivity index (χ2v) is 6.67. The minimum absolute atomic E-state index is 0.333. The molecular formula is C20H16FNO3. The molecule has 0 bridgehead atoms. The zero-order valence-corrected chi connectivity index (χ0v) is 13.5. The molecule has 1 fully saturated rings. The first-order chi connectivity index (χ1) is 12.2. The van der Waals surface area contributed by atoms with Gasteiger partial charge in [0.1, 0.15) is 23.9 Å². The highest BCUT2D eigenvalue weighted by atomic mass is 19.1. The average Bonchev–Trinajstić information content (AvgIpc) is 3.47. The predicted octanol–water partition coefficient (Wildman–Crippen LogP) is 3.91. The Balaban J connectivity index is 1.64. The van der Waals surface area contributed by atoms with E-state index in [1.807, 2.05) is 18.2 Å². The van der Waals surface area contributed by atoms with Gasteiger partial charge in [0.15, 0.2) is 0 Å². The second kappa shape index (κ2) is 5.43. The van der Waals surface area contributed by atoms with Crippen molar-refractivity contribution in [2.24, 2.45) is 0 Å². The molecule has 0 spiro atoms. The van der Waals surface area contributed by atoms with E-state index in [0.29, 0.717) is 29.5 Å². The van der Waals surface area contributed by atoms with Crippen molar-refractivity contribution in [3.63, 3.8) is 0 Å². The van der Waals surface area contributed by atoms with Crippen LogP contribution in [0.25, 0.3) is 22.1 Å². The molecule has 1 saturated carbocycles. The number of benzene rings is 2. The molecule has 5 rings (SSSR count). The molecule has 126 valence electrons. The molecule has 0 unspecified atom stereocenters. The first-order valence-electron chi connectivity index (χ1n) is 8.41. The molecule has 1 aliphatic heterocycles. The van der Waals surface area contributed by atoms with Gasteiger partial charge < -0.3 is 9.15 Å². The van der Waals surface area contributed by atoms with Crippen LogP contribution in [-0.2, 0) is 6.54 Å². The molecule has 1 aromatic heterocycles. The Kier molecular flexibility index (Phi) is 3.18. The Morgan fingerprint density at radius 2 is 1.88 bits per heavy atom. The number of ether oxygens (including phenoxy) is 1. The van der Waals surface area contributed by atoms with Gasteiger partial charge >= 0.3 is 5.63 Å². The fraction of sp³-hybridized carbons (Fsp3) is 0.250. The average molecular weight is 337 g/mol. The van der Waals surface area contributed by atoms with Gasteiger partial charge in [-0.2, -0.15) is 0 Å². The third-order valence-electron chi connectivity index (χ3n) is 4.93. The molecule has 0 atom stereocenters. The van der Waals surface area contributed by atoms with Gasteiger partial charge in [0.25, 0.3) is 0 Å². The standard InChI is InChI=1S/C20H16FNO3/c21-14-4-1-12(2-5-14)16-9-13-3-8-18-17(19(13)25-20(16)23)10-22(11-24-18)15-6-7-15/h1-5,8-9,15H,6-7,10-11H2. The number of hydrogen-bond acceptors (Lipinski definition) is 4. The van der Waals surface area contributed by atoms with Crippen molar-refractivity contribution in [3.8, 4) is 16.9 Å². The summed E-state index contributed by atoms with van der Waals surface area (Å²) in [6.07, 6.45) is 2.39. The summed E-state index contributed by atoms with van der Waals surface area (Å²) in [6.45, 7) is 1.32. The molecule has 0 N–H and O–H groups in total. The Labute approximate surface area is 143 Å². The zero-order chi connectivity index (χ0) is 17.0. The molecule has 2 aromatic carbocycles. The summed E-state index contributed by atoms with van der Waals surface area (Å²) < 4.78 is 24.6. The largest absolute Gasteiger partial charge is 0.478 e. The van der Waals surface area contributed by atoms with Crippen molar-refractivity contribution in [2.45, 2.75) is 25.4 Å². The predicted molar refractivity (Wildman–Crippen MR) is 91.9 cm³/mol. The Morgan fingerprint density at radius 3 is 2.64 bits per heavy atom. The maximum absolute atomic E-state index is 13.1. The fourth-order valence-corrected chi connectivity index (χ4v) is 3.42. The summed E-state index contributed by atoms with van der Waals surface area (Å²) in [4.78, 5) is 14.8. The van der Waals surface area contributed by atoms with Crippen LogP contribution in [0.5, 0.6) is 5.75 Å². The number of rotatable bonds is 2. The quantitative estimate of drug-likeness (QED) is 0.665. The lowest BCUT2D eigenvalue weighted by molar-refractivity contribution is 0.0885. The summed E-state index contributed by atoms with van der Waals surface area (Å²) in [5, 5.41) is 0.846. The third kappa shape index (κ3) is 2.51. The van der Waals surface area contributed by atoms with Crippen molar-refractivity contribution in [1.82, 2.24) is 4.90 Å². The van der Waals surface area contributed by atoms with E-state index in [1.54, 1.807) is 12.1 Å². The Morgan fingerprint density at radius 1 is 1.08 bits per heavy atom. The molecular weight excluding hydrogens is 321 g/mol. The highest BCUT2D eigenvalue weighted by Crippen LogP contribution is 2.37. The van der Waals surface area contributed by atoms with Crippen molar-refractivity contribution < 1.29 is 13.5 Å². The van der Waals surface area contributed by atoms with Crippen LogP contribution in [0.4, 0.5) is 4.39 Å². The summed E-state index contributed by atoms with van der Waals surface area (Å²) in [6, 6.07) is 12.1.